The minimum atomic E-state index is 1.07. The molecule has 2 aliphatic rings. The van der Waals surface area contributed by atoms with E-state index in [-0.39, 0.29) is 0 Å². The summed E-state index contributed by atoms with van der Waals surface area (Å²) in [4.78, 5) is 0. The molecule has 0 nitrogen and oxygen atoms in total. The quantitative estimate of drug-likeness (QED) is 0.258. The average molecular weight is 389 g/mol. The van der Waals surface area contributed by atoms with Crippen molar-refractivity contribution in [3.05, 3.63) is 0 Å². The van der Waals surface area contributed by atoms with Gasteiger partial charge in [-0.25, -0.2) is 0 Å². The molecule has 0 N–H and O–H groups in total. The first kappa shape index (κ1) is 24.3. The summed E-state index contributed by atoms with van der Waals surface area (Å²) in [7, 11) is 0. The summed E-state index contributed by atoms with van der Waals surface area (Å²) in [5.74, 6) is 2.16. The molecule has 0 aromatic heterocycles. The van der Waals surface area contributed by atoms with Crippen molar-refractivity contribution >= 4 is 6.71 Å². The molecule has 2 rings (SSSR count). The van der Waals surface area contributed by atoms with Crippen molar-refractivity contribution in [2.75, 3.05) is 0 Å². The summed E-state index contributed by atoms with van der Waals surface area (Å²) < 4.78 is 0. The van der Waals surface area contributed by atoms with Gasteiger partial charge in [0.05, 0.1) is 0 Å². The zero-order valence-corrected chi connectivity index (χ0v) is 19.7. The highest BCUT2D eigenvalue weighted by Gasteiger charge is 2.31. The lowest BCUT2D eigenvalue weighted by atomic mass is 9.33. The van der Waals surface area contributed by atoms with Gasteiger partial charge in [-0.15, -0.1) is 0 Å². The fourth-order valence-electron chi connectivity index (χ4n) is 6.38. The van der Waals surface area contributed by atoms with Gasteiger partial charge < -0.3 is 0 Å². The van der Waals surface area contributed by atoms with Gasteiger partial charge in [-0.1, -0.05) is 167 Å². The molecule has 0 spiro atoms. The summed E-state index contributed by atoms with van der Waals surface area (Å²) in [6, 6.07) is 0. The Morgan fingerprint density at radius 2 is 1.04 bits per heavy atom. The van der Waals surface area contributed by atoms with E-state index in [0.717, 1.165) is 18.4 Å². The van der Waals surface area contributed by atoms with Gasteiger partial charge in [0, 0.05) is 0 Å². The van der Waals surface area contributed by atoms with E-state index < -0.39 is 0 Å². The van der Waals surface area contributed by atoms with E-state index >= 15 is 0 Å². The third-order valence-corrected chi connectivity index (χ3v) is 8.15. The molecule has 1 saturated carbocycles. The van der Waals surface area contributed by atoms with Crippen LogP contribution in [-0.2, 0) is 0 Å². The Morgan fingerprint density at radius 1 is 0.536 bits per heavy atom. The zero-order chi connectivity index (χ0) is 19.7. The maximum Gasteiger partial charge on any atom is 0.143 e. The van der Waals surface area contributed by atoms with E-state index in [1.165, 1.54) is 122 Å². The molecule has 1 aliphatic heterocycles. The molecule has 0 radical (unpaired) electrons. The van der Waals surface area contributed by atoms with Crippen LogP contribution in [-0.4, -0.2) is 6.71 Å². The second-order valence-electron chi connectivity index (χ2n) is 10.5. The van der Waals surface area contributed by atoms with E-state index in [1.54, 1.807) is 31.9 Å². The SMILES string of the molecule is CCCCCCCCCCB1CCCCCCCC1C1CCCCCCCC1. The largest absolute Gasteiger partial charge is 0.143 e. The van der Waals surface area contributed by atoms with Crippen LogP contribution in [0.5, 0.6) is 0 Å². The normalized spacial score (nSPS) is 23.9. The molecule has 0 aromatic carbocycles. The summed E-state index contributed by atoms with van der Waals surface area (Å²) >= 11 is 0. The molecule has 1 aliphatic carbocycles. The Hall–Kier alpha value is 0.0649. The fraction of sp³-hybridized carbons (Fsp3) is 1.00. The van der Waals surface area contributed by atoms with Crippen LogP contribution < -0.4 is 0 Å². The van der Waals surface area contributed by atoms with Crippen LogP contribution in [0, 0.1) is 5.92 Å². The Kier molecular flexibility index (Phi) is 14.6. The van der Waals surface area contributed by atoms with Crippen LogP contribution in [0.15, 0.2) is 0 Å². The highest BCUT2D eigenvalue weighted by Crippen LogP contribution is 2.41. The summed E-state index contributed by atoms with van der Waals surface area (Å²) in [5, 5.41) is 0. The first-order chi connectivity index (χ1) is 13.9. The monoisotopic (exact) mass is 388 g/mol. The van der Waals surface area contributed by atoms with Gasteiger partial charge in [-0.2, -0.15) is 0 Å². The van der Waals surface area contributed by atoms with Crippen molar-refractivity contribution in [2.24, 2.45) is 5.92 Å². The van der Waals surface area contributed by atoms with Gasteiger partial charge in [0.1, 0.15) is 6.71 Å². The van der Waals surface area contributed by atoms with Crippen LogP contribution in [0.25, 0.3) is 0 Å². The first-order valence-corrected chi connectivity index (χ1v) is 13.9. The predicted octanol–water partition coefficient (Wildman–Crippen LogP) is 10.1. The van der Waals surface area contributed by atoms with Crippen molar-refractivity contribution in [2.45, 2.75) is 167 Å². The molecule has 0 aromatic rings. The number of hydrogen-bond donors (Lipinski definition) is 0. The molecule has 164 valence electrons. The van der Waals surface area contributed by atoms with Gasteiger partial charge in [0.15, 0.2) is 0 Å². The summed E-state index contributed by atoms with van der Waals surface area (Å²) in [6.07, 6.45) is 36.4. The lowest BCUT2D eigenvalue weighted by Crippen LogP contribution is -2.27. The topological polar surface area (TPSA) is 0 Å². The lowest BCUT2D eigenvalue weighted by Gasteiger charge is -2.32. The Labute approximate surface area is 179 Å². The average Bonchev–Trinajstić information content (AvgIpc) is 2.92. The molecular weight excluding hydrogens is 335 g/mol. The van der Waals surface area contributed by atoms with Crippen molar-refractivity contribution < 1.29 is 0 Å². The molecule has 1 saturated heterocycles. The molecule has 1 atom stereocenters. The van der Waals surface area contributed by atoms with Crippen molar-refractivity contribution in [3.63, 3.8) is 0 Å². The molecule has 2 fully saturated rings. The van der Waals surface area contributed by atoms with Gasteiger partial charge >= 0.3 is 0 Å². The maximum atomic E-state index is 2.32. The maximum absolute atomic E-state index is 2.32. The highest BCUT2D eigenvalue weighted by atomic mass is 14.2. The molecule has 0 bridgehead atoms. The van der Waals surface area contributed by atoms with Crippen LogP contribution in [0.3, 0.4) is 0 Å². The van der Waals surface area contributed by atoms with Gasteiger partial charge in [-0.05, 0) is 5.92 Å². The third kappa shape index (κ3) is 10.7. The number of unbranched alkanes of at least 4 members (excludes halogenated alkanes) is 7. The van der Waals surface area contributed by atoms with Crippen molar-refractivity contribution in [1.29, 1.82) is 0 Å². The Morgan fingerprint density at radius 3 is 1.68 bits per heavy atom. The van der Waals surface area contributed by atoms with Crippen LogP contribution in [0.1, 0.15) is 148 Å². The molecule has 1 heteroatoms. The fourth-order valence-corrected chi connectivity index (χ4v) is 6.38. The van der Waals surface area contributed by atoms with Crippen LogP contribution >= 0.6 is 0 Å². The Balaban J connectivity index is 1.80. The molecule has 1 unspecified atom stereocenters. The van der Waals surface area contributed by atoms with Crippen LogP contribution in [0.4, 0.5) is 0 Å². The second-order valence-corrected chi connectivity index (χ2v) is 10.5. The van der Waals surface area contributed by atoms with Gasteiger partial charge in [0.2, 0.25) is 0 Å². The van der Waals surface area contributed by atoms with Gasteiger partial charge in [-0.3, -0.25) is 0 Å². The van der Waals surface area contributed by atoms with E-state index in [1.807, 2.05) is 0 Å². The standard InChI is InChI=1S/C27H53B/c1-2-3-4-5-6-9-14-19-24-28-25-20-15-10-13-18-23-27(28)26-21-16-11-7-8-12-17-22-26/h26-27H,2-25H2,1H3. The number of hydrogen-bond acceptors (Lipinski definition) is 0. The van der Waals surface area contributed by atoms with Crippen molar-refractivity contribution in [3.8, 4) is 0 Å². The third-order valence-electron chi connectivity index (χ3n) is 8.15. The van der Waals surface area contributed by atoms with E-state index in [0.29, 0.717) is 0 Å². The van der Waals surface area contributed by atoms with E-state index in [2.05, 4.69) is 6.92 Å². The Bertz CT molecular complexity index is 329. The lowest BCUT2D eigenvalue weighted by molar-refractivity contribution is 0.377. The predicted molar refractivity (Wildman–Crippen MR) is 130 cm³/mol. The summed E-state index contributed by atoms with van der Waals surface area (Å²) in [5.41, 5.74) is 0. The molecule has 0 amide bonds. The zero-order valence-electron chi connectivity index (χ0n) is 19.7. The van der Waals surface area contributed by atoms with Crippen molar-refractivity contribution in [1.82, 2.24) is 0 Å². The van der Waals surface area contributed by atoms with Gasteiger partial charge in [0.25, 0.3) is 0 Å². The second kappa shape index (κ2) is 16.8. The first-order valence-electron chi connectivity index (χ1n) is 13.9. The highest BCUT2D eigenvalue weighted by molar-refractivity contribution is 6.60. The van der Waals surface area contributed by atoms with E-state index in [4.69, 9.17) is 0 Å². The number of rotatable bonds is 10. The summed E-state index contributed by atoms with van der Waals surface area (Å²) in [6.45, 7) is 3.40. The molecule has 1 heterocycles. The molecule has 28 heavy (non-hydrogen) atoms. The smallest absolute Gasteiger partial charge is 0.0739 e. The van der Waals surface area contributed by atoms with E-state index in [9.17, 15) is 0 Å². The minimum absolute atomic E-state index is 1.07. The van der Waals surface area contributed by atoms with Crippen LogP contribution in [0.2, 0.25) is 18.5 Å². The minimum Gasteiger partial charge on any atom is -0.0739 e. The molecular formula is C27H53B.